The van der Waals surface area contributed by atoms with Crippen LogP contribution in [0.4, 0.5) is 0 Å². The van der Waals surface area contributed by atoms with E-state index in [2.05, 4.69) is 10.3 Å². The minimum atomic E-state index is -0.608. The van der Waals surface area contributed by atoms with Crippen LogP contribution in [0.5, 0.6) is 0 Å². The van der Waals surface area contributed by atoms with Crippen molar-refractivity contribution in [3.05, 3.63) is 88.4 Å². The second-order valence-electron chi connectivity index (χ2n) is 5.05. The molecule has 0 fully saturated rings. The Morgan fingerprint density at radius 3 is 2.18 bits per heavy atom. The standard InChI is InChI=1S/C18H18N2OS/c21-18(15-9-5-2-6-10-15)17(14-7-3-1-4-8-14)20-13-16-19-11-12-22-16/h1-12,17-18,20-21H,13H2/t17-,18+/m1/s1. The van der Waals surface area contributed by atoms with Gasteiger partial charge < -0.3 is 10.4 Å². The molecule has 3 nitrogen and oxygen atoms in total. The number of hydrogen-bond acceptors (Lipinski definition) is 4. The molecule has 0 spiro atoms. The van der Waals surface area contributed by atoms with E-state index < -0.39 is 6.10 Å². The summed E-state index contributed by atoms with van der Waals surface area (Å²) < 4.78 is 0. The molecule has 0 saturated heterocycles. The predicted octanol–water partition coefficient (Wildman–Crippen LogP) is 3.71. The lowest BCUT2D eigenvalue weighted by Crippen LogP contribution is -2.26. The Bertz CT molecular complexity index is 671. The summed E-state index contributed by atoms with van der Waals surface area (Å²) in [6.07, 6.45) is 1.19. The minimum Gasteiger partial charge on any atom is -0.386 e. The maximum atomic E-state index is 10.8. The van der Waals surface area contributed by atoms with Gasteiger partial charge >= 0.3 is 0 Å². The van der Waals surface area contributed by atoms with Gasteiger partial charge in [0.05, 0.1) is 12.1 Å². The van der Waals surface area contributed by atoms with Gasteiger partial charge in [-0.15, -0.1) is 11.3 Å². The molecule has 3 rings (SSSR count). The summed E-state index contributed by atoms with van der Waals surface area (Å²) >= 11 is 1.61. The molecule has 2 aromatic carbocycles. The van der Waals surface area contributed by atoms with E-state index in [4.69, 9.17) is 0 Å². The third-order valence-electron chi connectivity index (χ3n) is 3.57. The van der Waals surface area contributed by atoms with Gasteiger partial charge in [-0.25, -0.2) is 4.98 Å². The third-order valence-corrected chi connectivity index (χ3v) is 4.35. The first-order valence-electron chi connectivity index (χ1n) is 7.24. The average molecular weight is 310 g/mol. The van der Waals surface area contributed by atoms with Crippen molar-refractivity contribution in [3.63, 3.8) is 0 Å². The van der Waals surface area contributed by atoms with Crippen LogP contribution in [0.15, 0.2) is 72.2 Å². The van der Waals surface area contributed by atoms with E-state index in [0.29, 0.717) is 6.54 Å². The molecule has 0 bridgehead atoms. The Hall–Kier alpha value is -2.01. The van der Waals surface area contributed by atoms with Crippen molar-refractivity contribution in [1.82, 2.24) is 10.3 Å². The summed E-state index contributed by atoms with van der Waals surface area (Å²) in [6, 6.07) is 19.6. The van der Waals surface area contributed by atoms with E-state index in [0.717, 1.165) is 16.1 Å². The first-order valence-corrected chi connectivity index (χ1v) is 8.12. The molecule has 4 heteroatoms. The van der Waals surface area contributed by atoms with E-state index in [1.165, 1.54) is 0 Å². The molecule has 0 radical (unpaired) electrons. The van der Waals surface area contributed by atoms with Crippen LogP contribution < -0.4 is 5.32 Å². The molecule has 1 aromatic heterocycles. The summed E-state index contributed by atoms with van der Waals surface area (Å²) in [4.78, 5) is 4.29. The average Bonchev–Trinajstić information content (AvgIpc) is 3.10. The first kappa shape index (κ1) is 14.9. The fraction of sp³-hybridized carbons (Fsp3) is 0.167. The van der Waals surface area contributed by atoms with Gasteiger partial charge in [0.15, 0.2) is 0 Å². The number of nitrogens with one attached hydrogen (secondary N) is 1. The summed E-state index contributed by atoms with van der Waals surface area (Å²) in [7, 11) is 0. The van der Waals surface area contributed by atoms with Gasteiger partial charge in [0.25, 0.3) is 0 Å². The molecule has 0 aliphatic rings. The van der Waals surface area contributed by atoms with Crippen LogP contribution in [0.3, 0.4) is 0 Å². The number of thiazole rings is 1. The second kappa shape index (κ2) is 7.31. The van der Waals surface area contributed by atoms with Crippen molar-refractivity contribution >= 4 is 11.3 Å². The van der Waals surface area contributed by atoms with E-state index in [1.54, 1.807) is 17.5 Å². The van der Waals surface area contributed by atoms with Crippen molar-refractivity contribution in [2.75, 3.05) is 0 Å². The summed E-state index contributed by atoms with van der Waals surface area (Å²) in [6.45, 7) is 0.640. The molecule has 2 N–H and O–H groups in total. The van der Waals surface area contributed by atoms with Gasteiger partial charge in [-0.05, 0) is 11.1 Å². The van der Waals surface area contributed by atoms with Crippen LogP contribution in [-0.2, 0) is 6.54 Å². The van der Waals surface area contributed by atoms with Crippen LogP contribution >= 0.6 is 11.3 Å². The Kier molecular flexibility index (Phi) is 4.96. The SMILES string of the molecule is O[C@@H](c1ccccc1)[C@H](NCc1nccs1)c1ccccc1. The highest BCUT2D eigenvalue weighted by molar-refractivity contribution is 7.09. The lowest BCUT2D eigenvalue weighted by molar-refractivity contribution is 0.127. The van der Waals surface area contributed by atoms with Crippen LogP contribution in [0.2, 0.25) is 0 Å². The molecule has 22 heavy (non-hydrogen) atoms. The molecule has 0 unspecified atom stereocenters. The zero-order valence-corrected chi connectivity index (χ0v) is 12.9. The number of hydrogen-bond donors (Lipinski definition) is 2. The van der Waals surface area contributed by atoms with Crippen molar-refractivity contribution in [3.8, 4) is 0 Å². The van der Waals surface area contributed by atoms with Crippen molar-refractivity contribution in [2.45, 2.75) is 18.7 Å². The Morgan fingerprint density at radius 2 is 1.59 bits per heavy atom. The minimum absolute atomic E-state index is 0.174. The number of aliphatic hydroxyl groups is 1. The second-order valence-corrected chi connectivity index (χ2v) is 6.03. The largest absolute Gasteiger partial charge is 0.386 e. The van der Waals surface area contributed by atoms with Gasteiger partial charge in [-0.1, -0.05) is 60.7 Å². The van der Waals surface area contributed by atoms with Gasteiger partial charge in [-0.2, -0.15) is 0 Å². The van der Waals surface area contributed by atoms with Crippen molar-refractivity contribution < 1.29 is 5.11 Å². The quantitative estimate of drug-likeness (QED) is 0.729. The zero-order valence-electron chi connectivity index (χ0n) is 12.1. The van der Waals surface area contributed by atoms with Gasteiger partial charge in [0.2, 0.25) is 0 Å². The number of benzene rings is 2. The maximum absolute atomic E-state index is 10.8. The summed E-state index contributed by atoms with van der Waals surface area (Å²) in [5, 5.41) is 17.2. The fourth-order valence-corrected chi connectivity index (χ4v) is 3.02. The number of rotatable bonds is 6. The number of aliphatic hydroxyl groups excluding tert-OH is 1. The van der Waals surface area contributed by atoms with Gasteiger partial charge in [0, 0.05) is 18.1 Å². The van der Waals surface area contributed by atoms with Crippen LogP contribution in [0, 0.1) is 0 Å². The topological polar surface area (TPSA) is 45.1 Å². The molecule has 1 heterocycles. The van der Waals surface area contributed by atoms with Gasteiger partial charge in [-0.3, -0.25) is 0 Å². The molecule has 0 aliphatic carbocycles. The highest BCUT2D eigenvalue weighted by Gasteiger charge is 2.22. The monoisotopic (exact) mass is 310 g/mol. The molecule has 0 saturated carbocycles. The van der Waals surface area contributed by atoms with E-state index >= 15 is 0 Å². The van der Waals surface area contributed by atoms with Crippen LogP contribution in [0.25, 0.3) is 0 Å². The molecule has 3 aromatic rings. The maximum Gasteiger partial charge on any atom is 0.106 e. The Morgan fingerprint density at radius 1 is 0.955 bits per heavy atom. The van der Waals surface area contributed by atoms with Crippen molar-refractivity contribution in [1.29, 1.82) is 0 Å². The Labute approximate surface area is 134 Å². The Balaban J connectivity index is 1.82. The van der Waals surface area contributed by atoms with Crippen LogP contribution in [0.1, 0.15) is 28.3 Å². The van der Waals surface area contributed by atoms with Gasteiger partial charge in [0.1, 0.15) is 5.01 Å². The molecule has 0 aliphatic heterocycles. The summed E-state index contributed by atoms with van der Waals surface area (Å²) in [5.74, 6) is 0. The highest BCUT2D eigenvalue weighted by atomic mass is 32.1. The molecular formula is C18H18N2OS. The normalized spacial score (nSPS) is 13.7. The number of nitrogens with zero attached hydrogens (tertiary/aromatic N) is 1. The first-order chi connectivity index (χ1) is 10.8. The molecule has 2 atom stereocenters. The van der Waals surface area contributed by atoms with Crippen LogP contribution in [-0.4, -0.2) is 10.1 Å². The third kappa shape index (κ3) is 3.60. The molecule has 112 valence electrons. The lowest BCUT2D eigenvalue weighted by atomic mass is 9.96. The molecular weight excluding hydrogens is 292 g/mol. The van der Waals surface area contributed by atoms with E-state index in [-0.39, 0.29) is 6.04 Å². The fourth-order valence-electron chi connectivity index (χ4n) is 2.45. The highest BCUT2D eigenvalue weighted by Crippen LogP contribution is 2.29. The predicted molar refractivity (Wildman–Crippen MR) is 89.5 cm³/mol. The smallest absolute Gasteiger partial charge is 0.106 e. The van der Waals surface area contributed by atoms with E-state index in [9.17, 15) is 5.11 Å². The molecule has 0 amide bonds. The number of aromatic nitrogens is 1. The zero-order chi connectivity index (χ0) is 15.2. The summed E-state index contributed by atoms with van der Waals surface area (Å²) in [5.41, 5.74) is 1.97. The van der Waals surface area contributed by atoms with E-state index in [1.807, 2.05) is 66.0 Å². The van der Waals surface area contributed by atoms with Crippen molar-refractivity contribution in [2.24, 2.45) is 0 Å². The lowest BCUT2D eigenvalue weighted by Gasteiger charge is -2.25.